The van der Waals surface area contributed by atoms with Gasteiger partial charge in [0.05, 0.1) is 0 Å². The van der Waals surface area contributed by atoms with Gasteiger partial charge in [0.25, 0.3) is 5.91 Å². The monoisotopic (exact) mass is 367 g/mol. The topological polar surface area (TPSA) is 38.3 Å². The fourth-order valence-corrected chi connectivity index (χ4v) is 3.13. The lowest BCUT2D eigenvalue weighted by molar-refractivity contribution is -0.122. The van der Waals surface area contributed by atoms with Gasteiger partial charge in [0.2, 0.25) is 0 Å². The van der Waals surface area contributed by atoms with Gasteiger partial charge in [0, 0.05) is 5.69 Å². The molecule has 2 aromatic carbocycles. The molecule has 146 valence electrons. The number of benzene rings is 2. The molecule has 0 aliphatic carbocycles. The fraction of sp³-hybridized carbons (Fsp3) is 0.458. The Morgan fingerprint density at radius 2 is 1.52 bits per heavy atom. The second-order valence-electron chi connectivity index (χ2n) is 7.94. The van der Waals surface area contributed by atoms with E-state index >= 15 is 0 Å². The van der Waals surface area contributed by atoms with Crippen LogP contribution in [0.4, 0.5) is 5.69 Å². The molecule has 2 rings (SSSR count). The van der Waals surface area contributed by atoms with Crippen molar-refractivity contribution in [2.45, 2.75) is 72.3 Å². The first-order chi connectivity index (χ1) is 12.8. The van der Waals surface area contributed by atoms with Gasteiger partial charge >= 0.3 is 0 Å². The maximum atomic E-state index is 12.9. The molecule has 0 heterocycles. The van der Waals surface area contributed by atoms with Crippen molar-refractivity contribution in [3.63, 3.8) is 0 Å². The number of hydrogen-bond donors (Lipinski definition) is 1. The lowest BCUT2D eigenvalue weighted by Gasteiger charge is -2.22. The van der Waals surface area contributed by atoms with Crippen molar-refractivity contribution in [1.82, 2.24) is 0 Å². The minimum Gasteiger partial charge on any atom is -0.481 e. The standard InChI is InChI=1S/C24H33NO2/c1-7-17-11-10-12-18(8-2)22(17)25-23(26)21(9-3)27-20-15-13-19(14-16-20)24(4,5)6/h10-16,21H,7-9H2,1-6H3,(H,25,26)/t21-/m0/s1. The van der Waals surface area contributed by atoms with E-state index in [1.165, 1.54) is 5.56 Å². The number of carbonyl (C=O) groups excluding carboxylic acids is 1. The summed E-state index contributed by atoms with van der Waals surface area (Å²) in [7, 11) is 0. The van der Waals surface area contributed by atoms with E-state index in [4.69, 9.17) is 4.74 Å². The summed E-state index contributed by atoms with van der Waals surface area (Å²) in [5, 5.41) is 3.12. The van der Waals surface area contributed by atoms with Crippen LogP contribution in [0.2, 0.25) is 0 Å². The van der Waals surface area contributed by atoms with Crippen LogP contribution < -0.4 is 10.1 Å². The van der Waals surface area contributed by atoms with Crippen LogP contribution in [-0.4, -0.2) is 12.0 Å². The van der Waals surface area contributed by atoms with Crippen LogP contribution >= 0.6 is 0 Å². The third kappa shape index (κ3) is 5.35. The molecule has 27 heavy (non-hydrogen) atoms. The maximum absolute atomic E-state index is 12.9. The number of anilines is 1. The van der Waals surface area contributed by atoms with Crippen LogP contribution in [0.3, 0.4) is 0 Å². The average Bonchev–Trinajstić information content (AvgIpc) is 2.65. The number of carbonyl (C=O) groups is 1. The Kier molecular flexibility index (Phi) is 7.06. The predicted molar refractivity (Wildman–Crippen MR) is 114 cm³/mol. The molecular weight excluding hydrogens is 334 g/mol. The normalized spacial score (nSPS) is 12.5. The van der Waals surface area contributed by atoms with Crippen LogP contribution in [0, 0.1) is 0 Å². The number of para-hydroxylation sites is 1. The molecule has 0 aromatic heterocycles. The van der Waals surface area contributed by atoms with E-state index in [9.17, 15) is 4.79 Å². The summed E-state index contributed by atoms with van der Waals surface area (Å²) in [5.41, 5.74) is 4.61. The van der Waals surface area contributed by atoms with Gasteiger partial charge in [-0.3, -0.25) is 4.79 Å². The maximum Gasteiger partial charge on any atom is 0.265 e. The summed E-state index contributed by atoms with van der Waals surface area (Å²) in [6, 6.07) is 14.2. The Hall–Kier alpha value is -2.29. The van der Waals surface area contributed by atoms with E-state index in [-0.39, 0.29) is 11.3 Å². The molecule has 0 aliphatic rings. The zero-order chi connectivity index (χ0) is 20.0. The van der Waals surface area contributed by atoms with Crippen LogP contribution in [0.25, 0.3) is 0 Å². The molecule has 0 saturated carbocycles. The molecule has 0 spiro atoms. The summed E-state index contributed by atoms with van der Waals surface area (Å²) in [6.07, 6.45) is 1.87. The number of amides is 1. The number of hydrogen-bond acceptors (Lipinski definition) is 2. The predicted octanol–water partition coefficient (Wildman–Crippen LogP) is 5.91. The van der Waals surface area contributed by atoms with Crippen LogP contribution in [0.1, 0.15) is 64.7 Å². The Morgan fingerprint density at radius 3 is 1.96 bits per heavy atom. The first kappa shape index (κ1) is 21.0. The van der Waals surface area contributed by atoms with Crippen molar-refractivity contribution in [1.29, 1.82) is 0 Å². The second-order valence-corrected chi connectivity index (χ2v) is 7.94. The zero-order valence-electron chi connectivity index (χ0n) is 17.6. The van der Waals surface area contributed by atoms with Crippen LogP contribution in [0.15, 0.2) is 42.5 Å². The number of aryl methyl sites for hydroxylation is 2. The summed E-state index contributed by atoms with van der Waals surface area (Å²) in [5.74, 6) is 0.637. The third-order valence-electron chi connectivity index (χ3n) is 4.91. The molecule has 2 aromatic rings. The average molecular weight is 368 g/mol. The summed E-state index contributed by atoms with van der Waals surface area (Å²) >= 11 is 0. The van der Waals surface area contributed by atoms with Crippen LogP contribution in [0.5, 0.6) is 5.75 Å². The Labute approximate surface area is 164 Å². The highest BCUT2D eigenvalue weighted by atomic mass is 16.5. The van der Waals surface area contributed by atoms with E-state index in [0.29, 0.717) is 6.42 Å². The van der Waals surface area contributed by atoms with Crippen molar-refractivity contribution in [2.24, 2.45) is 0 Å². The summed E-state index contributed by atoms with van der Waals surface area (Å²) in [6.45, 7) is 12.7. The molecule has 1 N–H and O–H groups in total. The van der Waals surface area contributed by atoms with Crippen molar-refractivity contribution >= 4 is 11.6 Å². The SMILES string of the molecule is CCc1cccc(CC)c1NC(=O)[C@H](CC)Oc1ccc(C(C)(C)C)cc1. The van der Waals surface area contributed by atoms with Crippen molar-refractivity contribution < 1.29 is 9.53 Å². The Balaban J connectivity index is 2.15. The minimum atomic E-state index is -0.514. The zero-order valence-corrected chi connectivity index (χ0v) is 17.6. The molecule has 1 amide bonds. The highest BCUT2D eigenvalue weighted by Crippen LogP contribution is 2.26. The largest absolute Gasteiger partial charge is 0.481 e. The number of ether oxygens (including phenoxy) is 1. The lowest BCUT2D eigenvalue weighted by Crippen LogP contribution is -2.33. The van der Waals surface area contributed by atoms with Gasteiger partial charge in [-0.2, -0.15) is 0 Å². The highest BCUT2D eigenvalue weighted by molar-refractivity contribution is 5.95. The second kappa shape index (κ2) is 9.07. The quantitative estimate of drug-likeness (QED) is 0.661. The molecule has 3 nitrogen and oxygen atoms in total. The van der Waals surface area contributed by atoms with Crippen molar-refractivity contribution in [3.8, 4) is 5.75 Å². The van der Waals surface area contributed by atoms with Gasteiger partial charge in [-0.15, -0.1) is 0 Å². The number of nitrogens with one attached hydrogen (secondary N) is 1. The first-order valence-electron chi connectivity index (χ1n) is 9.98. The van der Waals surface area contributed by atoms with E-state index in [0.717, 1.165) is 35.4 Å². The molecule has 0 saturated heterocycles. The molecule has 0 unspecified atom stereocenters. The van der Waals surface area contributed by atoms with Crippen LogP contribution in [-0.2, 0) is 23.1 Å². The van der Waals surface area contributed by atoms with Gasteiger partial charge in [-0.1, -0.05) is 71.9 Å². The summed E-state index contributed by atoms with van der Waals surface area (Å²) in [4.78, 5) is 12.9. The molecule has 0 aliphatic heterocycles. The smallest absolute Gasteiger partial charge is 0.265 e. The third-order valence-corrected chi connectivity index (χ3v) is 4.91. The highest BCUT2D eigenvalue weighted by Gasteiger charge is 2.21. The van der Waals surface area contributed by atoms with Gasteiger partial charge in [0.15, 0.2) is 6.10 Å². The van der Waals surface area contributed by atoms with Gasteiger partial charge < -0.3 is 10.1 Å². The van der Waals surface area contributed by atoms with Gasteiger partial charge in [0.1, 0.15) is 5.75 Å². The van der Waals surface area contributed by atoms with E-state index in [2.05, 4.69) is 70.3 Å². The van der Waals surface area contributed by atoms with E-state index < -0.39 is 6.10 Å². The Morgan fingerprint density at radius 1 is 0.963 bits per heavy atom. The number of rotatable bonds is 7. The first-order valence-corrected chi connectivity index (χ1v) is 9.98. The van der Waals surface area contributed by atoms with Gasteiger partial charge in [-0.05, 0) is 53.5 Å². The molecule has 0 radical (unpaired) electrons. The summed E-state index contributed by atoms with van der Waals surface area (Å²) < 4.78 is 6.00. The molecule has 1 atom stereocenters. The van der Waals surface area contributed by atoms with Crippen molar-refractivity contribution in [2.75, 3.05) is 5.32 Å². The molecular formula is C24H33NO2. The lowest BCUT2D eigenvalue weighted by atomic mass is 9.87. The minimum absolute atomic E-state index is 0.0898. The van der Waals surface area contributed by atoms with E-state index in [1.807, 2.05) is 19.1 Å². The van der Waals surface area contributed by atoms with Gasteiger partial charge in [-0.25, -0.2) is 0 Å². The van der Waals surface area contributed by atoms with Crippen molar-refractivity contribution in [3.05, 3.63) is 59.2 Å². The molecule has 3 heteroatoms. The molecule has 0 bridgehead atoms. The van der Waals surface area contributed by atoms with E-state index in [1.54, 1.807) is 0 Å². The molecule has 0 fully saturated rings. The fourth-order valence-electron chi connectivity index (χ4n) is 3.13. The Bertz CT molecular complexity index is 735.